The van der Waals surface area contributed by atoms with Crippen molar-refractivity contribution in [3.63, 3.8) is 0 Å². The third kappa shape index (κ3) is 5.04. The van der Waals surface area contributed by atoms with Crippen LogP contribution in [0.15, 0.2) is 47.4 Å². The number of carbonyl (C=O) groups is 1. The molecule has 3 heteroatoms. The monoisotopic (exact) mass is 292 g/mol. The Morgan fingerprint density at radius 2 is 1.85 bits per heavy atom. The molecule has 1 rings (SSSR count). The van der Waals surface area contributed by atoms with E-state index < -0.39 is 0 Å². The van der Waals surface area contributed by atoms with E-state index in [2.05, 4.69) is 44.7 Å². The quantitative estimate of drug-likeness (QED) is 0.389. The smallest absolute Gasteiger partial charge is 0.333 e. The van der Waals surface area contributed by atoms with E-state index in [9.17, 15) is 4.79 Å². The Morgan fingerprint density at radius 1 is 1.25 bits per heavy atom. The van der Waals surface area contributed by atoms with Crippen LogP contribution in [-0.4, -0.2) is 17.3 Å². The van der Waals surface area contributed by atoms with Gasteiger partial charge in [-0.1, -0.05) is 38.6 Å². The zero-order chi connectivity index (χ0) is 15.0. The van der Waals surface area contributed by atoms with Crippen LogP contribution < -0.4 is 0 Å². The number of benzene rings is 1. The van der Waals surface area contributed by atoms with Gasteiger partial charge in [-0.05, 0) is 38.3 Å². The summed E-state index contributed by atoms with van der Waals surface area (Å²) in [5, 5.41) is 0. The largest absolute Gasteiger partial charge is 0.462 e. The molecule has 0 aliphatic carbocycles. The fourth-order valence-corrected chi connectivity index (χ4v) is 3.26. The van der Waals surface area contributed by atoms with Gasteiger partial charge in [0.05, 0.1) is 6.61 Å². The number of carbonyl (C=O) groups excluding carboxylic acids is 1. The number of esters is 1. The molecule has 0 aliphatic heterocycles. The minimum absolute atomic E-state index is 0.122. The first-order valence-corrected chi connectivity index (χ1v) is 7.91. The predicted molar refractivity (Wildman–Crippen MR) is 86.0 cm³/mol. The first-order valence-electron chi connectivity index (χ1n) is 7.09. The van der Waals surface area contributed by atoms with Crippen LogP contribution in [0.5, 0.6) is 0 Å². The van der Waals surface area contributed by atoms with Gasteiger partial charge < -0.3 is 4.74 Å². The number of rotatable bonds is 8. The molecule has 1 aromatic carbocycles. The molecule has 110 valence electrons. The lowest BCUT2D eigenvalue weighted by Gasteiger charge is -2.31. The zero-order valence-electron chi connectivity index (χ0n) is 12.6. The normalized spacial score (nSPS) is 11.2. The summed E-state index contributed by atoms with van der Waals surface area (Å²) in [6.07, 6.45) is 2.96. The molecule has 0 heterocycles. The Balaban J connectivity index is 2.62. The third-order valence-electron chi connectivity index (χ3n) is 3.51. The van der Waals surface area contributed by atoms with Gasteiger partial charge in [0.25, 0.3) is 0 Å². The number of ether oxygens (including phenoxy) is 1. The van der Waals surface area contributed by atoms with E-state index in [1.54, 1.807) is 6.92 Å². The second-order valence-corrected chi connectivity index (χ2v) is 6.51. The molecule has 0 saturated carbocycles. The Hall–Kier alpha value is -1.22. The fraction of sp³-hybridized carbons (Fsp3) is 0.471. The highest BCUT2D eigenvalue weighted by molar-refractivity contribution is 8.00. The van der Waals surface area contributed by atoms with Gasteiger partial charge in [0, 0.05) is 15.2 Å². The van der Waals surface area contributed by atoms with Gasteiger partial charge >= 0.3 is 5.97 Å². The van der Waals surface area contributed by atoms with Crippen LogP contribution in [0.25, 0.3) is 0 Å². The van der Waals surface area contributed by atoms with Gasteiger partial charge in [0.2, 0.25) is 0 Å². The van der Waals surface area contributed by atoms with Crippen LogP contribution in [0.3, 0.4) is 0 Å². The highest BCUT2D eigenvalue weighted by atomic mass is 32.2. The maximum absolute atomic E-state index is 11.4. The fourth-order valence-electron chi connectivity index (χ4n) is 1.99. The lowest BCUT2D eigenvalue weighted by Crippen LogP contribution is -2.25. The van der Waals surface area contributed by atoms with Crippen molar-refractivity contribution in [1.82, 2.24) is 0 Å². The molecule has 0 saturated heterocycles. The Kier molecular flexibility index (Phi) is 6.86. The van der Waals surface area contributed by atoms with Crippen molar-refractivity contribution in [1.29, 1.82) is 0 Å². The van der Waals surface area contributed by atoms with Crippen LogP contribution in [0.2, 0.25) is 0 Å². The van der Waals surface area contributed by atoms with Crippen molar-refractivity contribution in [3.8, 4) is 0 Å². The van der Waals surface area contributed by atoms with Crippen molar-refractivity contribution in [3.05, 3.63) is 42.5 Å². The van der Waals surface area contributed by atoms with Gasteiger partial charge in [-0.25, -0.2) is 4.79 Å². The maximum atomic E-state index is 11.4. The highest BCUT2D eigenvalue weighted by Crippen LogP contribution is 2.40. The van der Waals surface area contributed by atoms with E-state index in [4.69, 9.17) is 4.74 Å². The first kappa shape index (κ1) is 16.8. The second-order valence-electron chi connectivity index (χ2n) is 4.97. The van der Waals surface area contributed by atoms with Crippen molar-refractivity contribution < 1.29 is 9.53 Å². The topological polar surface area (TPSA) is 26.3 Å². The number of hydrogen-bond donors (Lipinski definition) is 0. The van der Waals surface area contributed by atoms with Crippen molar-refractivity contribution in [2.75, 3.05) is 6.61 Å². The number of thioether (sulfide) groups is 1. The molecule has 2 nitrogen and oxygen atoms in total. The molecule has 0 fully saturated rings. The van der Waals surface area contributed by atoms with Gasteiger partial charge in [-0.3, -0.25) is 0 Å². The van der Waals surface area contributed by atoms with E-state index in [1.807, 2.05) is 17.8 Å². The third-order valence-corrected chi connectivity index (χ3v) is 5.23. The molecule has 1 aromatic rings. The highest BCUT2D eigenvalue weighted by Gasteiger charge is 2.27. The summed E-state index contributed by atoms with van der Waals surface area (Å²) in [4.78, 5) is 12.7. The lowest BCUT2D eigenvalue weighted by atomic mass is 9.99. The number of hydrogen-bond acceptors (Lipinski definition) is 3. The summed E-state index contributed by atoms with van der Waals surface area (Å²) in [5.74, 6) is -0.296. The summed E-state index contributed by atoms with van der Waals surface area (Å²) in [6.45, 7) is 10.1. The first-order chi connectivity index (χ1) is 9.53. The average molecular weight is 292 g/mol. The minimum Gasteiger partial charge on any atom is -0.462 e. The summed E-state index contributed by atoms with van der Waals surface area (Å²) in [7, 11) is 0. The van der Waals surface area contributed by atoms with Crippen LogP contribution in [-0.2, 0) is 9.53 Å². The Labute approximate surface area is 126 Å². The van der Waals surface area contributed by atoms with Gasteiger partial charge in [-0.2, -0.15) is 0 Å². The lowest BCUT2D eigenvalue weighted by molar-refractivity contribution is -0.139. The van der Waals surface area contributed by atoms with E-state index >= 15 is 0 Å². The molecule has 0 unspecified atom stereocenters. The van der Waals surface area contributed by atoms with E-state index in [0.717, 1.165) is 19.3 Å². The molecule has 0 atom stereocenters. The van der Waals surface area contributed by atoms with Crippen LogP contribution in [0, 0.1) is 0 Å². The standard InChI is InChI=1S/C17H24O2S/c1-5-17(6-2,12-13-19-16(18)14(3)4)20-15-10-8-7-9-11-15/h7-11H,3,5-6,12-13H2,1-2,4H3. The van der Waals surface area contributed by atoms with Crippen molar-refractivity contribution >= 4 is 17.7 Å². The Bertz CT molecular complexity index is 436. The second kappa shape index (κ2) is 8.15. The molecular weight excluding hydrogens is 268 g/mol. The van der Waals surface area contributed by atoms with E-state index in [0.29, 0.717) is 12.2 Å². The summed E-state index contributed by atoms with van der Waals surface area (Å²) < 4.78 is 5.37. The molecule has 0 amide bonds. The molecule has 0 N–H and O–H groups in total. The zero-order valence-corrected chi connectivity index (χ0v) is 13.5. The Morgan fingerprint density at radius 3 is 2.35 bits per heavy atom. The van der Waals surface area contributed by atoms with E-state index in [1.165, 1.54) is 4.90 Å². The van der Waals surface area contributed by atoms with Gasteiger partial charge in [-0.15, -0.1) is 11.8 Å². The molecule has 0 aliphatic rings. The van der Waals surface area contributed by atoms with Crippen LogP contribution in [0.4, 0.5) is 0 Å². The molecular formula is C17H24O2S. The summed E-state index contributed by atoms with van der Waals surface area (Å²) in [5.41, 5.74) is 0.458. The minimum atomic E-state index is -0.296. The SMILES string of the molecule is C=C(C)C(=O)OCCC(CC)(CC)Sc1ccccc1. The molecule has 0 radical (unpaired) electrons. The van der Waals surface area contributed by atoms with Crippen LogP contribution in [0.1, 0.15) is 40.0 Å². The van der Waals surface area contributed by atoms with Crippen LogP contribution >= 0.6 is 11.8 Å². The van der Waals surface area contributed by atoms with Crippen molar-refractivity contribution in [2.24, 2.45) is 0 Å². The van der Waals surface area contributed by atoms with E-state index in [-0.39, 0.29) is 10.7 Å². The molecule has 0 bridgehead atoms. The molecule has 0 aromatic heterocycles. The summed E-state index contributed by atoms with van der Waals surface area (Å²) >= 11 is 1.88. The van der Waals surface area contributed by atoms with Crippen molar-refractivity contribution in [2.45, 2.75) is 49.7 Å². The maximum Gasteiger partial charge on any atom is 0.333 e. The van der Waals surface area contributed by atoms with Gasteiger partial charge in [0.1, 0.15) is 0 Å². The van der Waals surface area contributed by atoms with Gasteiger partial charge in [0.15, 0.2) is 0 Å². The molecule has 0 spiro atoms. The summed E-state index contributed by atoms with van der Waals surface area (Å²) in [6, 6.07) is 10.4. The predicted octanol–water partition coefficient (Wildman–Crippen LogP) is 4.85. The molecule has 20 heavy (non-hydrogen) atoms. The average Bonchev–Trinajstić information content (AvgIpc) is 2.47.